The number of hydrogen-bond donors (Lipinski definition) is 2. The highest BCUT2D eigenvalue weighted by molar-refractivity contribution is 7.90. The summed E-state index contributed by atoms with van der Waals surface area (Å²) in [4.78, 5) is 10.8. The van der Waals surface area contributed by atoms with E-state index in [1.54, 1.807) is 0 Å². The van der Waals surface area contributed by atoms with E-state index in [1.165, 1.54) is 36.4 Å². The van der Waals surface area contributed by atoms with Crippen LogP contribution >= 0.6 is 11.6 Å². The molecule has 0 bridgehead atoms. The summed E-state index contributed by atoms with van der Waals surface area (Å²) in [5.41, 5.74) is 1.39. The first kappa shape index (κ1) is 18.2. The van der Waals surface area contributed by atoms with E-state index < -0.39 is 21.6 Å². The van der Waals surface area contributed by atoms with Gasteiger partial charge in [0.05, 0.1) is 15.6 Å². The first-order chi connectivity index (χ1) is 11.2. The van der Waals surface area contributed by atoms with Gasteiger partial charge < -0.3 is 10.4 Å². The number of halogens is 2. The molecule has 0 fully saturated rings. The van der Waals surface area contributed by atoms with Crippen LogP contribution in [0.15, 0.2) is 41.3 Å². The van der Waals surface area contributed by atoms with Crippen molar-refractivity contribution in [3.63, 3.8) is 0 Å². The highest BCUT2D eigenvalue weighted by Gasteiger charge is 2.12. The fourth-order valence-corrected chi connectivity index (χ4v) is 3.04. The Kier molecular flexibility index (Phi) is 5.46. The standard InChI is InChI=1S/C16H15ClFNO4S/c1-24(22,23)12-5-6-14(13(17)9-12)19-15-8-11(18)4-2-10(15)3-7-16(20)21/h2,4-6,8-9,19H,3,7H2,1H3,(H,20,21). The van der Waals surface area contributed by atoms with E-state index in [4.69, 9.17) is 16.7 Å². The van der Waals surface area contributed by atoms with Gasteiger partial charge in [-0.25, -0.2) is 12.8 Å². The molecule has 0 heterocycles. The van der Waals surface area contributed by atoms with Crippen LogP contribution in [-0.2, 0) is 21.1 Å². The highest BCUT2D eigenvalue weighted by atomic mass is 35.5. The van der Waals surface area contributed by atoms with Gasteiger partial charge in [-0.1, -0.05) is 17.7 Å². The zero-order valence-electron chi connectivity index (χ0n) is 12.7. The van der Waals surface area contributed by atoms with Crippen molar-refractivity contribution >= 4 is 38.8 Å². The number of carbonyl (C=O) groups is 1. The molecular formula is C16H15ClFNO4S. The van der Waals surface area contributed by atoms with Gasteiger partial charge in [0.15, 0.2) is 9.84 Å². The molecular weight excluding hydrogens is 357 g/mol. The number of hydrogen-bond acceptors (Lipinski definition) is 4. The number of sulfone groups is 1. The largest absolute Gasteiger partial charge is 0.481 e. The lowest BCUT2D eigenvalue weighted by atomic mass is 10.1. The van der Waals surface area contributed by atoms with E-state index in [-0.39, 0.29) is 22.8 Å². The van der Waals surface area contributed by atoms with Crippen LogP contribution in [0.3, 0.4) is 0 Å². The molecule has 128 valence electrons. The lowest BCUT2D eigenvalue weighted by Crippen LogP contribution is -2.03. The zero-order valence-corrected chi connectivity index (χ0v) is 14.3. The third-order valence-electron chi connectivity index (χ3n) is 3.32. The fourth-order valence-electron chi connectivity index (χ4n) is 2.10. The number of carboxylic acid groups (broad SMARTS) is 1. The van der Waals surface area contributed by atoms with Crippen molar-refractivity contribution in [2.24, 2.45) is 0 Å². The monoisotopic (exact) mass is 371 g/mol. The number of benzene rings is 2. The van der Waals surface area contributed by atoms with Crippen LogP contribution in [0.4, 0.5) is 15.8 Å². The quantitative estimate of drug-likeness (QED) is 0.809. The Morgan fingerprint density at radius 2 is 1.92 bits per heavy atom. The van der Waals surface area contributed by atoms with Gasteiger partial charge in [-0.2, -0.15) is 0 Å². The minimum atomic E-state index is -3.39. The highest BCUT2D eigenvalue weighted by Crippen LogP contribution is 2.30. The van der Waals surface area contributed by atoms with Crippen molar-refractivity contribution in [2.45, 2.75) is 17.7 Å². The third-order valence-corrected chi connectivity index (χ3v) is 4.74. The third kappa shape index (κ3) is 4.69. The molecule has 2 aromatic carbocycles. The molecule has 2 aromatic rings. The lowest BCUT2D eigenvalue weighted by molar-refractivity contribution is -0.136. The topological polar surface area (TPSA) is 83.5 Å². The van der Waals surface area contributed by atoms with Gasteiger partial charge in [-0.3, -0.25) is 4.79 Å². The Bertz CT molecular complexity index is 884. The number of aryl methyl sites for hydroxylation is 1. The van der Waals surface area contributed by atoms with Gasteiger partial charge in [0.1, 0.15) is 5.82 Å². The molecule has 5 nitrogen and oxygen atoms in total. The Morgan fingerprint density at radius 3 is 2.50 bits per heavy atom. The fraction of sp³-hybridized carbons (Fsp3) is 0.188. The SMILES string of the molecule is CS(=O)(=O)c1ccc(Nc2cc(F)ccc2CCC(=O)O)c(Cl)c1. The smallest absolute Gasteiger partial charge is 0.303 e. The van der Waals surface area contributed by atoms with Gasteiger partial charge in [-0.15, -0.1) is 0 Å². The molecule has 0 amide bonds. The molecule has 0 atom stereocenters. The number of nitrogens with one attached hydrogen (secondary N) is 1. The van der Waals surface area contributed by atoms with Crippen molar-refractivity contribution in [3.8, 4) is 0 Å². The minimum Gasteiger partial charge on any atom is -0.481 e. The van der Waals surface area contributed by atoms with E-state index in [0.717, 1.165) is 6.26 Å². The molecule has 0 saturated heterocycles. The average Bonchev–Trinajstić information content (AvgIpc) is 2.47. The van der Waals surface area contributed by atoms with Crippen LogP contribution < -0.4 is 5.32 Å². The first-order valence-corrected chi connectivity index (χ1v) is 9.20. The maximum atomic E-state index is 13.5. The Morgan fingerprint density at radius 1 is 1.21 bits per heavy atom. The van der Waals surface area contributed by atoms with Crippen molar-refractivity contribution in [1.82, 2.24) is 0 Å². The number of aliphatic carboxylic acids is 1. The van der Waals surface area contributed by atoms with Crippen molar-refractivity contribution in [3.05, 3.63) is 52.8 Å². The molecule has 0 spiro atoms. The van der Waals surface area contributed by atoms with Crippen LogP contribution in [0.25, 0.3) is 0 Å². The summed E-state index contributed by atoms with van der Waals surface area (Å²) in [6.45, 7) is 0. The van der Waals surface area contributed by atoms with Crippen molar-refractivity contribution in [2.75, 3.05) is 11.6 Å². The van der Waals surface area contributed by atoms with Crippen LogP contribution in [0.2, 0.25) is 5.02 Å². The van der Waals surface area contributed by atoms with Gasteiger partial charge in [0.2, 0.25) is 0 Å². The molecule has 2 rings (SSSR count). The summed E-state index contributed by atoms with van der Waals surface area (Å²) in [5.74, 6) is -1.44. The Balaban J connectivity index is 2.33. The molecule has 0 aromatic heterocycles. The molecule has 8 heteroatoms. The predicted molar refractivity (Wildman–Crippen MR) is 90.2 cm³/mol. The van der Waals surface area contributed by atoms with Crippen LogP contribution in [0.5, 0.6) is 0 Å². The van der Waals surface area contributed by atoms with Gasteiger partial charge in [-0.05, 0) is 42.3 Å². The molecule has 0 aliphatic carbocycles. The summed E-state index contributed by atoms with van der Waals surface area (Å²) in [7, 11) is -3.39. The van der Waals surface area contributed by atoms with Gasteiger partial charge in [0.25, 0.3) is 0 Å². The molecule has 0 saturated carbocycles. The average molecular weight is 372 g/mol. The summed E-state index contributed by atoms with van der Waals surface area (Å²) >= 11 is 6.09. The maximum absolute atomic E-state index is 13.5. The van der Waals surface area contributed by atoms with Crippen LogP contribution in [0, 0.1) is 5.82 Å². The number of anilines is 2. The van der Waals surface area contributed by atoms with Gasteiger partial charge in [0, 0.05) is 18.4 Å². The van der Waals surface area contributed by atoms with Crippen molar-refractivity contribution in [1.29, 1.82) is 0 Å². The maximum Gasteiger partial charge on any atom is 0.303 e. The number of carboxylic acids is 1. The minimum absolute atomic E-state index is 0.0726. The summed E-state index contributed by atoms with van der Waals surface area (Å²) in [5, 5.41) is 11.9. The molecule has 2 N–H and O–H groups in total. The van der Waals surface area contributed by atoms with Crippen LogP contribution in [0.1, 0.15) is 12.0 Å². The van der Waals surface area contributed by atoms with Gasteiger partial charge >= 0.3 is 5.97 Å². The molecule has 24 heavy (non-hydrogen) atoms. The second-order valence-electron chi connectivity index (χ2n) is 5.23. The first-order valence-electron chi connectivity index (χ1n) is 6.93. The van der Waals surface area contributed by atoms with Crippen LogP contribution in [-0.4, -0.2) is 25.7 Å². The summed E-state index contributed by atoms with van der Waals surface area (Å²) in [6, 6.07) is 8.15. The van der Waals surface area contributed by atoms with E-state index in [1.807, 2.05) is 0 Å². The van der Waals surface area contributed by atoms with E-state index in [0.29, 0.717) is 16.9 Å². The van der Waals surface area contributed by atoms with Crippen molar-refractivity contribution < 1.29 is 22.7 Å². The van der Waals surface area contributed by atoms with E-state index in [2.05, 4.69) is 5.32 Å². The Hall–Kier alpha value is -2.12. The lowest BCUT2D eigenvalue weighted by Gasteiger charge is -2.14. The number of rotatable bonds is 6. The Labute approximate surface area is 144 Å². The van der Waals surface area contributed by atoms with E-state index in [9.17, 15) is 17.6 Å². The normalized spacial score (nSPS) is 11.3. The predicted octanol–water partition coefficient (Wildman–Crippen LogP) is 3.64. The molecule has 0 aliphatic heterocycles. The molecule has 0 radical (unpaired) electrons. The summed E-state index contributed by atoms with van der Waals surface area (Å²) < 4.78 is 36.5. The second kappa shape index (κ2) is 7.19. The van der Waals surface area contributed by atoms with E-state index >= 15 is 0 Å². The summed E-state index contributed by atoms with van der Waals surface area (Å²) in [6.07, 6.45) is 1.19. The zero-order chi connectivity index (χ0) is 17.9. The second-order valence-corrected chi connectivity index (χ2v) is 7.66. The molecule has 0 unspecified atom stereocenters. The molecule has 0 aliphatic rings.